The van der Waals surface area contributed by atoms with Crippen molar-refractivity contribution >= 4 is 0 Å². The second-order valence-corrected chi connectivity index (χ2v) is 3.73. The van der Waals surface area contributed by atoms with Crippen molar-refractivity contribution in [1.29, 1.82) is 0 Å². The molecule has 1 aliphatic heterocycles. The van der Waals surface area contributed by atoms with Crippen LogP contribution in [0.5, 0.6) is 0 Å². The number of hydrazine groups is 1. The first-order chi connectivity index (χ1) is 5.27. The summed E-state index contributed by atoms with van der Waals surface area (Å²) in [5.74, 6) is 0. The van der Waals surface area contributed by atoms with E-state index in [1.807, 2.05) is 0 Å². The third-order valence-corrected chi connectivity index (χ3v) is 2.77. The van der Waals surface area contributed by atoms with E-state index in [1.54, 1.807) is 11.1 Å². The minimum atomic E-state index is 1.20. The van der Waals surface area contributed by atoms with Crippen molar-refractivity contribution in [3.63, 3.8) is 0 Å². The SMILES string of the molecule is CN(C)N1CC2=C(CCC2)C1. The Balaban J connectivity index is 2.01. The number of hydrogen-bond donors (Lipinski definition) is 0. The molecule has 0 aromatic carbocycles. The molecule has 0 aromatic heterocycles. The second kappa shape index (κ2) is 2.61. The summed E-state index contributed by atoms with van der Waals surface area (Å²) in [6.07, 6.45) is 4.13. The molecule has 0 saturated carbocycles. The molecule has 2 rings (SSSR count). The summed E-state index contributed by atoms with van der Waals surface area (Å²) in [5, 5.41) is 4.61. The largest absolute Gasteiger partial charge is 0.247 e. The summed E-state index contributed by atoms with van der Waals surface area (Å²) >= 11 is 0. The van der Waals surface area contributed by atoms with Gasteiger partial charge in [-0.05, 0) is 19.3 Å². The van der Waals surface area contributed by atoms with Crippen LogP contribution in [0.3, 0.4) is 0 Å². The van der Waals surface area contributed by atoms with Crippen molar-refractivity contribution in [2.75, 3.05) is 27.2 Å². The first-order valence-corrected chi connectivity index (χ1v) is 4.39. The fourth-order valence-electron chi connectivity index (χ4n) is 2.03. The minimum Gasteiger partial charge on any atom is -0.247 e. The van der Waals surface area contributed by atoms with E-state index in [9.17, 15) is 0 Å². The van der Waals surface area contributed by atoms with E-state index in [-0.39, 0.29) is 0 Å². The molecule has 2 nitrogen and oxygen atoms in total. The Bertz CT molecular complexity index is 178. The van der Waals surface area contributed by atoms with Gasteiger partial charge in [-0.1, -0.05) is 11.1 Å². The lowest BCUT2D eigenvalue weighted by molar-refractivity contribution is 0.0550. The van der Waals surface area contributed by atoms with Crippen LogP contribution in [-0.4, -0.2) is 37.2 Å². The fraction of sp³-hybridized carbons (Fsp3) is 0.778. The van der Waals surface area contributed by atoms with Crippen LogP contribution in [0.2, 0.25) is 0 Å². The first kappa shape index (κ1) is 7.32. The van der Waals surface area contributed by atoms with Crippen LogP contribution < -0.4 is 0 Å². The molecule has 0 fully saturated rings. The van der Waals surface area contributed by atoms with E-state index in [0.29, 0.717) is 0 Å². The van der Waals surface area contributed by atoms with Gasteiger partial charge in [0.2, 0.25) is 0 Å². The van der Waals surface area contributed by atoms with Gasteiger partial charge in [0.1, 0.15) is 0 Å². The molecule has 0 radical (unpaired) electrons. The van der Waals surface area contributed by atoms with Crippen LogP contribution in [0.15, 0.2) is 11.1 Å². The number of hydrogen-bond acceptors (Lipinski definition) is 2. The molecule has 2 aliphatic rings. The first-order valence-electron chi connectivity index (χ1n) is 4.39. The van der Waals surface area contributed by atoms with Crippen molar-refractivity contribution in [1.82, 2.24) is 10.0 Å². The van der Waals surface area contributed by atoms with Gasteiger partial charge in [0.15, 0.2) is 0 Å². The van der Waals surface area contributed by atoms with Gasteiger partial charge < -0.3 is 0 Å². The zero-order valence-electron chi connectivity index (χ0n) is 7.43. The molecule has 0 amide bonds. The van der Waals surface area contributed by atoms with E-state index >= 15 is 0 Å². The minimum absolute atomic E-state index is 1.20. The topological polar surface area (TPSA) is 6.48 Å². The molecule has 0 atom stereocenters. The summed E-state index contributed by atoms with van der Waals surface area (Å²) in [4.78, 5) is 0. The van der Waals surface area contributed by atoms with Gasteiger partial charge in [-0.25, -0.2) is 10.0 Å². The lowest BCUT2D eigenvalue weighted by Gasteiger charge is -2.24. The molecular formula is C9H16N2. The summed E-state index contributed by atoms with van der Waals surface area (Å²) in [7, 11) is 4.25. The van der Waals surface area contributed by atoms with Crippen molar-refractivity contribution in [2.45, 2.75) is 19.3 Å². The highest BCUT2D eigenvalue weighted by atomic mass is 15.6. The Kier molecular flexibility index (Phi) is 1.74. The van der Waals surface area contributed by atoms with Crippen molar-refractivity contribution in [2.24, 2.45) is 0 Å². The summed E-state index contributed by atoms with van der Waals surface area (Å²) in [6.45, 7) is 2.39. The molecule has 0 unspecified atom stereocenters. The van der Waals surface area contributed by atoms with Crippen LogP contribution in [-0.2, 0) is 0 Å². The molecule has 0 bridgehead atoms. The summed E-state index contributed by atoms with van der Waals surface area (Å²) in [6, 6.07) is 0. The molecule has 0 N–H and O–H groups in total. The maximum absolute atomic E-state index is 2.41. The third-order valence-electron chi connectivity index (χ3n) is 2.77. The monoisotopic (exact) mass is 152 g/mol. The van der Waals surface area contributed by atoms with Gasteiger partial charge in [-0.15, -0.1) is 0 Å². The van der Waals surface area contributed by atoms with Crippen LogP contribution in [0.4, 0.5) is 0 Å². The average molecular weight is 152 g/mol. The molecule has 62 valence electrons. The molecule has 0 saturated heterocycles. The van der Waals surface area contributed by atoms with Crippen LogP contribution in [0, 0.1) is 0 Å². The zero-order chi connectivity index (χ0) is 7.84. The standard InChI is InChI=1S/C9H16N2/c1-10(2)11-6-8-4-3-5-9(8)7-11/h3-7H2,1-2H3. The highest BCUT2D eigenvalue weighted by molar-refractivity contribution is 5.26. The van der Waals surface area contributed by atoms with E-state index < -0.39 is 0 Å². The highest BCUT2D eigenvalue weighted by Crippen LogP contribution is 2.32. The summed E-state index contributed by atoms with van der Waals surface area (Å²) < 4.78 is 0. The normalized spacial score (nSPS) is 25.4. The molecule has 11 heavy (non-hydrogen) atoms. The third kappa shape index (κ3) is 1.21. The highest BCUT2D eigenvalue weighted by Gasteiger charge is 2.25. The predicted molar refractivity (Wildman–Crippen MR) is 46.1 cm³/mol. The Morgan fingerprint density at radius 1 is 1.09 bits per heavy atom. The molecule has 1 heterocycles. The molecular weight excluding hydrogens is 136 g/mol. The van der Waals surface area contributed by atoms with Crippen LogP contribution in [0.25, 0.3) is 0 Å². The second-order valence-electron chi connectivity index (χ2n) is 3.73. The van der Waals surface area contributed by atoms with Crippen molar-refractivity contribution in [3.8, 4) is 0 Å². The Labute approximate surface area is 68.4 Å². The van der Waals surface area contributed by atoms with Gasteiger partial charge in [0.05, 0.1) is 0 Å². The van der Waals surface area contributed by atoms with Crippen molar-refractivity contribution < 1.29 is 0 Å². The average Bonchev–Trinajstić information content (AvgIpc) is 2.40. The predicted octanol–water partition coefficient (Wildman–Crippen LogP) is 1.26. The van der Waals surface area contributed by atoms with Gasteiger partial charge >= 0.3 is 0 Å². The van der Waals surface area contributed by atoms with Crippen LogP contribution >= 0.6 is 0 Å². The number of nitrogens with zero attached hydrogens (tertiary/aromatic N) is 2. The van der Waals surface area contributed by atoms with E-state index in [4.69, 9.17) is 0 Å². The fourth-order valence-corrected chi connectivity index (χ4v) is 2.03. The lowest BCUT2D eigenvalue weighted by atomic mass is 10.2. The maximum atomic E-state index is 2.41. The van der Waals surface area contributed by atoms with Gasteiger partial charge in [0.25, 0.3) is 0 Å². The Hall–Kier alpha value is -0.340. The van der Waals surface area contributed by atoms with Crippen molar-refractivity contribution in [3.05, 3.63) is 11.1 Å². The van der Waals surface area contributed by atoms with Gasteiger partial charge in [-0.3, -0.25) is 0 Å². The quantitative estimate of drug-likeness (QED) is 0.522. The maximum Gasteiger partial charge on any atom is 0.0350 e. The van der Waals surface area contributed by atoms with E-state index in [0.717, 1.165) is 0 Å². The van der Waals surface area contributed by atoms with Crippen LogP contribution in [0.1, 0.15) is 19.3 Å². The van der Waals surface area contributed by atoms with Gasteiger partial charge in [0, 0.05) is 27.2 Å². The lowest BCUT2D eigenvalue weighted by Crippen LogP contribution is -2.35. The van der Waals surface area contributed by atoms with E-state index in [1.165, 1.54) is 32.4 Å². The Morgan fingerprint density at radius 3 is 2.09 bits per heavy atom. The molecule has 1 aliphatic carbocycles. The van der Waals surface area contributed by atoms with E-state index in [2.05, 4.69) is 24.1 Å². The molecule has 0 aromatic rings. The molecule has 2 heteroatoms. The Morgan fingerprint density at radius 2 is 1.64 bits per heavy atom. The zero-order valence-corrected chi connectivity index (χ0v) is 7.43. The molecule has 0 spiro atoms. The number of rotatable bonds is 1. The van der Waals surface area contributed by atoms with Gasteiger partial charge in [-0.2, -0.15) is 0 Å². The summed E-state index contributed by atoms with van der Waals surface area (Å²) in [5.41, 5.74) is 3.44. The smallest absolute Gasteiger partial charge is 0.0350 e.